The maximum absolute atomic E-state index is 11.9. The van der Waals surface area contributed by atoms with Gasteiger partial charge in [-0.15, -0.1) is 0 Å². The van der Waals surface area contributed by atoms with Gasteiger partial charge in [0.2, 0.25) is 11.6 Å². The van der Waals surface area contributed by atoms with Crippen molar-refractivity contribution in [1.29, 1.82) is 0 Å². The number of nitrogens with zero attached hydrogens (tertiary/aromatic N) is 2. The van der Waals surface area contributed by atoms with Gasteiger partial charge in [-0.25, -0.2) is 9.97 Å². The monoisotopic (exact) mass is 234 g/mol. The van der Waals surface area contributed by atoms with Crippen LogP contribution in [0.2, 0.25) is 5.02 Å². The van der Waals surface area contributed by atoms with Crippen LogP contribution in [0.3, 0.4) is 0 Å². The van der Waals surface area contributed by atoms with Gasteiger partial charge in [0.15, 0.2) is 0 Å². The number of benzene rings is 1. The van der Waals surface area contributed by atoms with Gasteiger partial charge in [0.1, 0.15) is 5.75 Å². The summed E-state index contributed by atoms with van der Waals surface area (Å²) in [5, 5.41) is 9.90. The molecule has 0 bridgehead atoms. The van der Waals surface area contributed by atoms with Crippen LogP contribution in [0.1, 0.15) is 16.2 Å². The number of rotatable bonds is 2. The Morgan fingerprint density at radius 3 is 2.62 bits per heavy atom. The van der Waals surface area contributed by atoms with Gasteiger partial charge in [0.25, 0.3) is 0 Å². The number of hydrogen-bond acceptors (Lipinski definition) is 4. The van der Waals surface area contributed by atoms with E-state index >= 15 is 0 Å². The lowest BCUT2D eigenvalue weighted by Gasteiger charge is -2.02. The van der Waals surface area contributed by atoms with Gasteiger partial charge in [0, 0.05) is 17.4 Å². The molecule has 0 aliphatic heterocycles. The molecular weight excluding hydrogens is 228 g/mol. The third-order valence-corrected chi connectivity index (χ3v) is 2.21. The van der Waals surface area contributed by atoms with E-state index in [0.717, 1.165) is 0 Å². The van der Waals surface area contributed by atoms with Crippen LogP contribution in [0.15, 0.2) is 36.7 Å². The Hall–Kier alpha value is -1.94. The first kappa shape index (κ1) is 10.6. The molecule has 1 aromatic carbocycles. The highest BCUT2D eigenvalue weighted by atomic mass is 35.5. The molecule has 0 fully saturated rings. The first-order valence-electron chi connectivity index (χ1n) is 4.49. The van der Waals surface area contributed by atoms with Gasteiger partial charge in [-0.2, -0.15) is 0 Å². The molecule has 0 atom stereocenters. The molecule has 4 nitrogen and oxygen atoms in total. The zero-order valence-electron chi connectivity index (χ0n) is 8.09. The minimum absolute atomic E-state index is 0.0278. The van der Waals surface area contributed by atoms with Crippen LogP contribution < -0.4 is 0 Å². The van der Waals surface area contributed by atoms with Gasteiger partial charge < -0.3 is 5.11 Å². The lowest BCUT2D eigenvalue weighted by atomic mass is 10.1. The maximum atomic E-state index is 11.9. The van der Waals surface area contributed by atoms with Crippen LogP contribution in [0.4, 0.5) is 0 Å². The highest BCUT2D eigenvalue weighted by molar-refractivity contribution is 6.31. The Bertz CT molecular complexity index is 529. The minimum Gasteiger partial charge on any atom is -0.507 e. The number of phenolic OH excluding ortho intramolecular Hbond substituents is 1. The first-order chi connectivity index (χ1) is 7.68. The molecule has 0 spiro atoms. The summed E-state index contributed by atoms with van der Waals surface area (Å²) in [7, 11) is 0. The number of hydrogen-bond donors (Lipinski definition) is 1. The summed E-state index contributed by atoms with van der Waals surface area (Å²) in [6.45, 7) is 0. The fourth-order valence-corrected chi connectivity index (χ4v) is 1.40. The van der Waals surface area contributed by atoms with Crippen molar-refractivity contribution < 1.29 is 9.90 Å². The second-order valence-electron chi connectivity index (χ2n) is 3.06. The van der Waals surface area contributed by atoms with Crippen LogP contribution in [0.5, 0.6) is 5.75 Å². The SMILES string of the molecule is O=C(c1ncccn1)c1cc(Cl)ccc1O. The van der Waals surface area contributed by atoms with Crippen LogP contribution in [-0.4, -0.2) is 20.9 Å². The summed E-state index contributed by atoms with van der Waals surface area (Å²) in [6, 6.07) is 5.85. The van der Waals surface area contributed by atoms with Crippen molar-refractivity contribution in [2.75, 3.05) is 0 Å². The van der Waals surface area contributed by atoms with Crippen molar-refractivity contribution in [3.05, 3.63) is 53.1 Å². The van der Waals surface area contributed by atoms with Crippen LogP contribution >= 0.6 is 11.6 Å². The van der Waals surface area contributed by atoms with E-state index in [-0.39, 0.29) is 17.1 Å². The summed E-state index contributed by atoms with van der Waals surface area (Å²) in [5.74, 6) is -0.567. The van der Waals surface area contributed by atoms with Crippen molar-refractivity contribution >= 4 is 17.4 Å². The molecule has 16 heavy (non-hydrogen) atoms. The van der Waals surface area contributed by atoms with Crippen molar-refractivity contribution in [2.24, 2.45) is 0 Å². The molecule has 5 heteroatoms. The zero-order valence-corrected chi connectivity index (χ0v) is 8.85. The second kappa shape index (κ2) is 4.28. The third-order valence-electron chi connectivity index (χ3n) is 1.97. The molecule has 1 N–H and O–H groups in total. The lowest BCUT2D eigenvalue weighted by Crippen LogP contribution is -2.06. The van der Waals surface area contributed by atoms with E-state index in [1.54, 1.807) is 6.07 Å². The van der Waals surface area contributed by atoms with E-state index in [4.69, 9.17) is 11.6 Å². The molecular formula is C11H7ClN2O2. The fraction of sp³-hybridized carbons (Fsp3) is 0. The molecule has 1 aromatic heterocycles. The molecule has 0 aliphatic carbocycles. The average Bonchev–Trinajstić information content (AvgIpc) is 2.32. The maximum Gasteiger partial charge on any atom is 0.233 e. The number of ketones is 1. The van der Waals surface area contributed by atoms with E-state index in [9.17, 15) is 9.90 Å². The summed E-state index contributed by atoms with van der Waals surface area (Å²) >= 11 is 5.74. The zero-order chi connectivity index (χ0) is 11.5. The van der Waals surface area contributed by atoms with Gasteiger partial charge >= 0.3 is 0 Å². The van der Waals surface area contributed by atoms with E-state index < -0.39 is 5.78 Å². The number of aromatic hydroxyl groups is 1. The van der Waals surface area contributed by atoms with Crippen LogP contribution in [0.25, 0.3) is 0 Å². The van der Waals surface area contributed by atoms with Gasteiger partial charge in [-0.1, -0.05) is 11.6 Å². The normalized spacial score (nSPS) is 10.1. The molecule has 0 unspecified atom stereocenters. The Kier molecular flexibility index (Phi) is 2.83. The second-order valence-corrected chi connectivity index (χ2v) is 3.50. The number of aromatic nitrogens is 2. The highest BCUT2D eigenvalue weighted by Crippen LogP contribution is 2.23. The number of carbonyl (C=O) groups excluding carboxylic acids is 1. The smallest absolute Gasteiger partial charge is 0.233 e. The highest BCUT2D eigenvalue weighted by Gasteiger charge is 2.15. The summed E-state index contributed by atoms with van der Waals surface area (Å²) in [5.41, 5.74) is 0.0960. The Balaban J connectivity index is 2.46. The average molecular weight is 235 g/mol. The molecule has 0 amide bonds. The molecule has 2 aromatic rings. The molecule has 0 saturated carbocycles. The lowest BCUT2D eigenvalue weighted by molar-refractivity contribution is 0.102. The molecule has 0 saturated heterocycles. The summed E-state index contributed by atoms with van der Waals surface area (Å²) < 4.78 is 0. The minimum atomic E-state index is -0.458. The van der Waals surface area contributed by atoms with Crippen LogP contribution in [-0.2, 0) is 0 Å². The van der Waals surface area contributed by atoms with E-state index in [1.807, 2.05) is 0 Å². The van der Waals surface area contributed by atoms with Crippen molar-refractivity contribution in [3.8, 4) is 5.75 Å². The largest absolute Gasteiger partial charge is 0.507 e. The Labute approximate surface area is 96.6 Å². The molecule has 0 aliphatic rings. The van der Waals surface area contributed by atoms with E-state index in [1.165, 1.54) is 30.6 Å². The van der Waals surface area contributed by atoms with Gasteiger partial charge in [-0.05, 0) is 24.3 Å². The van der Waals surface area contributed by atoms with Gasteiger partial charge in [0.05, 0.1) is 5.56 Å². The number of carbonyl (C=O) groups is 1. The summed E-state index contributed by atoms with van der Waals surface area (Å²) in [6.07, 6.45) is 2.92. The standard InChI is InChI=1S/C11H7ClN2O2/c12-7-2-3-9(15)8(6-7)10(16)11-13-4-1-5-14-11/h1-6,15H. The first-order valence-corrected chi connectivity index (χ1v) is 4.86. The van der Waals surface area contributed by atoms with Crippen molar-refractivity contribution in [1.82, 2.24) is 9.97 Å². The Morgan fingerprint density at radius 1 is 1.25 bits per heavy atom. The van der Waals surface area contributed by atoms with Crippen molar-refractivity contribution in [3.63, 3.8) is 0 Å². The van der Waals surface area contributed by atoms with E-state index in [2.05, 4.69) is 9.97 Å². The molecule has 1 heterocycles. The fourth-order valence-electron chi connectivity index (χ4n) is 1.23. The molecule has 0 radical (unpaired) electrons. The third kappa shape index (κ3) is 2.01. The number of halogens is 1. The predicted molar refractivity (Wildman–Crippen MR) is 58.6 cm³/mol. The van der Waals surface area contributed by atoms with E-state index in [0.29, 0.717) is 5.02 Å². The Morgan fingerprint density at radius 2 is 1.94 bits per heavy atom. The van der Waals surface area contributed by atoms with Crippen molar-refractivity contribution in [2.45, 2.75) is 0 Å². The molecule has 80 valence electrons. The quantitative estimate of drug-likeness (QED) is 0.808. The van der Waals surface area contributed by atoms with Crippen LogP contribution in [0, 0.1) is 0 Å². The topological polar surface area (TPSA) is 63.1 Å². The van der Waals surface area contributed by atoms with Gasteiger partial charge in [-0.3, -0.25) is 4.79 Å². The molecule has 2 rings (SSSR count). The number of phenols is 1. The summed E-state index contributed by atoms with van der Waals surface area (Å²) in [4.78, 5) is 19.5. The predicted octanol–water partition coefficient (Wildman–Crippen LogP) is 2.07.